The van der Waals surface area contributed by atoms with Crippen LogP contribution in [0.3, 0.4) is 0 Å². The minimum atomic E-state index is -4.40. The summed E-state index contributed by atoms with van der Waals surface area (Å²) < 4.78 is 51.1. The molecule has 1 fully saturated rings. The first kappa shape index (κ1) is 27.5. The second-order valence-corrected chi connectivity index (χ2v) is 10.8. The lowest BCUT2D eigenvalue weighted by Crippen LogP contribution is -2.55. The van der Waals surface area contributed by atoms with Gasteiger partial charge in [-0.1, -0.05) is 12.1 Å². The summed E-state index contributed by atoms with van der Waals surface area (Å²) in [4.78, 5) is 13.3. The maximum atomic E-state index is 12.8. The third kappa shape index (κ3) is 6.57. The van der Waals surface area contributed by atoms with Crippen LogP contribution in [0.5, 0.6) is 5.75 Å². The first-order valence-electron chi connectivity index (χ1n) is 12.9. The van der Waals surface area contributed by atoms with Crippen LogP contribution in [0.4, 0.5) is 13.2 Å². The van der Waals surface area contributed by atoms with E-state index in [2.05, 4.69) is 26.9 Å². The van der Waals surface area contributed by atoms with Gasteiger partial charge in [0.2, 0.25) is 0 Å². The molecular formula is C27H30F3N5O3S. The zero-order chi connectivity index (χ0) is 27.6. The average molecular weight is 562 g/mol. The maximum Gasteiger partial charge on any atom is 0.416 e. The zero-order valence-corrected chi connectivity index (χ0v) is 22.5. The zero-order valence-electron chi connectivity index (χ0n) is 21.7. The van der Waals surface area contributed by atoms with Crippen molar-refractivity contribution in [2.75, 3.05) is 26.2 Å². The lowest BCUT2D eigenvalue weighted by Gasteiger charge is -2.39. The molecule has 2 aromatic carbocycles. The molecule has 0 amide bonds. The van der Waals surface area contributed by atoms with Gasteiger partial charge < -0.3 is 14.4 Å². The molecule has 39 heavy (non-hydrogen) atoms. The molecule has 2 atom stereocenters. The topological polar surface area (TPSA) is 87.8 Å². The van der Waals surface area contributed by atoms with Crippen molar-refractivity contribution in [1.82, 2.24) is 24.9 Å². The highest BCUT2D eigenvalue weighted by molar-refractivity contribution is 7.18. The summed E-state index contributed by atoms with van der Waals surface area (Å²) in [7, 11) is 0. The van der Waals surface area contributed by atoms with E-state index >= 15 is 0 Å². The minimum Gasteiger partial charge on any atom is -0.472 e. The Kier molecular flexibility index (Phi) is 8.17. The summed E-state index contributed by atoms with van der Waals surface area (Å²) >= 11 is 1.70. The SMILES string of the molecule is CCCc1nc2cc(OC([C@@H](C)O)N3CCN(Cc4noc(-c5ccc(C(F)(F)F)cc5)n4)CC3)ccc2s1. The third-order valence-corrected chi connectivity index (χ3v) is 7.69. The lowest BCUT2D eigenvalue weighted by atomic mass is 10.1. The number of aromatic nitrogens is 3. The number of aliphatic hydroxyl groups excluding tert-OH is 1. The van der Waals surface area contributed by atoms with Gasteiger partial charge in [-0.3, -0.25) is 9.80 Å². The molecule has 0 spiro atoms. The summed E-state index contributed by atoms with van der Waals surface area (Å²) in [6, 6.07) is 10.5. The first-order chi connectivity index (χ1) is 18.7. The number of thiazole rings is 1. The van der Waals surface area contributed by atoms with Crippen LogP contribution in [0.2, 0.25) is 0 Å². The van der Waals surface area contributed by atoms with Gasteiger partial charge in [0.1, 0.15) is 11.9 Å². The minimum absolute atomic E-state index is 0.179. The second-order valence-electron chi connectivity index (χ2n) is 9.64. The smallest absolute Gasteiger partial charge is 0.416 e. The molecule has 4 aromatic rings. The van der Waals surface area contributed by atoms with Gasteiger partial charge in [0, 0.05) is 37.8 Å². The van der Waals surface area contributed by atoms with E-state index in [1.165, 1.54) is 12.1 Å². The average Bonchev–Trinajstić information content (AvgIpc) is 3.54. The highest BCUT2D eigenvalue weighted by Crippen LogP contribution is 2.31. The molecule has 0 radical (unpaired) electrons. The van der Waals surface area contributed by atoms with E-state index in [4.69, 9.17) is 14.2 Å². The van der Waals surface area contributed by atoms with E-state index in [9.17, 15) is 18.3 Å². The van der Waals surface area contributed by atoms with Gasteiger partial charge in [0.15, 0.2) is 12.1 Å². The Morgan fingerprint density at radius 3 is 2.49 bits per heavy atom. The summed E-state index contributed by atoms with van der Waals surface area (Å²) in [5, 5.41) is 15.6. The van der Waals surface area contributed by atoms with Gasteiger partial charge >= 0.3 is 6.18 Å². The van der Waals surface area contributed by atoms with E-state index in [1.54, 1.807) is 18.3 Å². The van der Waals surface area contributed by atoms with Crippen LogP contribution >= 0.6 is 11.3 Å². The van der Waals surface area contributed by atoms with E-state index < -0.39 is 24.1 Å². The Bertz CT molecular complexity index is 1380. The number of benzene rings is 2. The predicted octanol–water partition coefficient (Wildman–Crippen LogP) is 5.22. The van der Waals surface area contributed by atoms with E-state index in [-0.39, 0.29) is 5.89 Å². The summed E-state index contributed by atoms with van der Waals surface area (Å²) in [5.74, 6) is 1.31. The third-order valence-electron chi connectivity index (χ3n) is 6.60. The van der Waals surface area contributed by atoms with Crippen LogP contribution in [0, 0.1) is 0 Å². The molecule has 8 nitrogen and oxygen atoms in total. The van der Waals surface area contributed by atoms with Gasteiger partial charge in [0.25, 0.3) is 5.89 Å². The molecule has 1 N–H and O–H groups in total. The number of aliphatic hydroxyl groups is 1. The molecular weight excluding hydrogens is 531 g/mol. The number of rotatable bonds is 9. The second kappa shape index (κ2) is 11.6. The van der Waals surface area contributed by atoms with Gasteiger partial charge in [-0.2, -0.15) is 18.2 Å². The number of hydrogen-bond acceptors (Lipinski definition) is 9. The number of piperazine rings is 1. The fourth-order valence-corrected chi connectivity index (χ4v) is 5.63. The molecule has 0 bridgehead atoms. The Labute approximate surface area is 228 Å². The van der Waals surface area contributed by atoms with Crippen LogP contribution in [-0.4, -0.2) is 68.5 Å². The van der Waals surface area contributed by atoms with Gasteiger partial charge in [-0.05, 0) is 56.2 Å². The Morgan fingerprint density at radius 2 is 1.82 bits per heavy atom. The standard InChI is InChI=1S/C27H30F3N5O3S/c1-3-4-24-31-21-15-20(9-10-22(21)39-24)37-26(17(2)36)35-13-11-34(12-14-35)16-23-32-25(38-33-23)18-5-7-19(8-6-18)27(28,29)30/h5-10,15,17,26,36H,3-4,11-14,16H2,1-2H3/t17-,26?/m1/s1. The van der Waals surface area contributed by atoms with Gasteiger partial charge in [-0.25, -0.2) is 4.98 Å². The number of nitrogens with zero attached hydrogens (tertiary/aromatic N) is 5. The van der Waals surface area contributed by atoms with Crippen LogP contribution in [-0.2, 0) is 19.1 Å². The predicted molar refractivity (Wildman–Crippen MR) is 141 cm³/mol. The molecule has 12 heteroatoms. The maximum absolute atomic E-state index is 12.8. The van der Waals surface area contributed by atoms with Crippen molar-refractivity contribution in [2.24, 2.45) is 0 Å². The molecule has 1 aliphatic heterocycles. The largest absolute Gasteiger partial charge is 0.472 e. The van der Waals surface area contributed by atoms with Crippen LogP contribution in [0.25, 0.3) is 21.7 Å². The molecule has 1 aliphatic rings. The Balaban J connectivity index is 1.17. The van der Waals surface area contributed by atoms with Crippen molar-refractivity contribution in [3.63, 3.8) is 0 Å². The van der Waals surface area contributed by atoms with Crippen LogP contribution in [0.15, 0.2) is 47.0 Å². The number of alkyl halides is 3. The number of fused-ring (bicyclic) bond motifs is 1. The fourth-order valence-electron chi connectivity index (χ4n) is 4.58. The molecule has 1 saturated heterocycles. The highest BCUT2D eigenvalue weighted by atomic mass is 32.1. The van der Waals surface area contributed by atoms with Gasteiger partial charge in [0.05, 0.1) is 27.3 Å². The number of ether oxygens (including phenoxy) is 1. The molecule has 5 rings (SSSR count). The fraction of sp³-hybridized carbons (Fsp3) is 0.444. The molecule has 208 valence electrons. The summed E-state index contributed by atoms with van der Waals surface area (Å²) in [6.45, 7) is 7.02. The Morgan fingerprint density at radius 1 is 1.08 bits per heavy atom. The molecule has 2 aromatic heterocycles. The molecule has 0 saturated carbocycles. The normalized spacial score (nSPS) is 17.0. The summed E-state index contributed by atoms with van der Waals surface area (Å²) in [6.07, 6.45) is -3.61. The van der Waals surface area contributed by atoms with Crippen molar-refractivity contribution in [3.8, 4) is 17.2 Å². The van der Waals surface area contributed by atoms with Crippen molar-refractivity contribution in [1.29, 1.82) is 0 Å². The number of aryl methyl sites for hydroxylation is 1. The van der Waals surface area contributed by atoms with Crippen LogP contribution < -0.4 is 4.74 Å². The quantitative estimate of drug-likeness (QED) is 0.298. The van der Waals surface area contributed by atoms with E-state index in [1.807, 2.05) is 18.2 Å². The van der Waals surface area contributed by atoms with E-state index in [0.29, 0.717) is 49.9 Å². The molecule has 1 unspecified atom stereocenters. The van der Waals surface area contributed by atoms with Crippen molar-refractivity contribution >= 4 is 21.6 Å². The first-order valence-corrected chi connectivity index (χ1v) is 13.7. The van der Waals surface area contributed by atoms with Crippen molar-refractivity contribution < 1.29 is 27.5 Å². The number of hydrogen-bond donors (Lipinski definition) is 1. The van der Waals surface area contributed by atoms with Gasteiger partial charge in [-0.15, -0.1) is 11.3 Å². The molecule has 3 heterocycles. The number of halogens is 3. The van der Waals surface area contributed by atoms with E-state index in [0.717, 1.165) is 40.2 Å². The van der Waals surface area contributed by atoms with Crippen molar-refractivity contribution in [3.05, 3.63) is 58.9 Å². The van der Waals surface area contributed by atoms with Crippen LogP contribution in [0.1, 0.15) is 36.7 Å². The highest BCUT2D eigenvalue weighted by Gasteiger charge is 2.31. The lowest BCUT2D eigenvalue weighted by molar-refractivity contribution is -0.137. The summed E-state index contributed by atoms with van der Waals surface area (Å²) in [5.41, 5.74) is 0.611. The van der Waals surface area contributed by atoms with Crippen molar-refractivity contribution in [2.45, 2.75) is 51.7 Å². The molecule has 0 aliphatic carbocycles. The monoisotopic (exact) mass is 561 g/mol. The Hall–Kier alpha value is -3.06.